The third kappa shape index (κ3) is 2.74. The van der Waals surface area contributed by atoms with Crippen LogP contribution in [0.15, 0.2) is 0 Å². The molecule has 0 radical (unpaired) electrons. The van der Waals surface area contributed by atoms with Gasteiger partial charge in [0.25, 0.3) is 0 Å². The Bertz CT molecular complexity index is 224. The third-order valence-electron chi connectivity index (χ3n) is 3.93. The Morgan fingerprint density at radius 2 is 2.19 bits per heavy atom. The molecule has 94 valence electrons. The van der Waals surface area contributed by atoms with Crippen LogP contribution in [0.3, 0.4) is 0 Å². The van der Waals surface area contributed by atoms with Gasteiger partial charge in [-0.15, -0.1) is 0 Å². The van der Waals surface area contributed by atoms with E-state index >= 15 is 0 Å². The Morgan fingerprint density at radius 3 is 2.81 bits per heavy atom. The summed E-state index contributed by atoms with van der Waals surface area (Å²) in [7, 11) is 0. The summed E-state index contributed by atoms with van der Waals surface area (Å²) in [5.74, 6) is 0.417. The second kappa shape index (κ2) is 5.45. The molecule has 0 aromatic carbocycles. The molecule has 0 aromatic heterocycles. The zero-order chi connectivity index (χ0) is 11.5. The molecule has 1 aliphatic heterocycles. The van der Waals surface area contributed by atoms with E-state index in [1.807, 2.05) is 0 Å². The SMILES string of the molecule is CC1COC(CO)CN1CC1CCCC1O. The number of ether oxygens (including phenoxy) is 1. The smallest absolute Gasteiger partial charge is 0.0933 e. The Kier molecular flexibility index (Phi) is 4.19. The van der Waals surface area contributed by atoms with Crippen LogP contribution in [0.5, 0.6) is 0 Å². The van der Waals surface area contributed by atoms with Crippen LogP contribution >= 0.6 is 0 Å². The van der Waals surface area contributed by atoms with E-state index in [0.29, 0.717) is 18.6 Å². The molecule has 1 aliphatic carbocycles. The van der Waals surface area contributed by atoms with Crippen molar-refractivity contribution in [3.63, 3.8) is 0 Å². The topological polar surface area (TPSA) is 52.9 Å². The lowest BCUT2D eigenvalue weighted by atomic mass is 10.0. The largest absolute Gasteiger partial charge is 0.394 e. The molecule has 4 nitrogen and oxygen atoms in total. The van der Waals surface area contributed by atoms with Crippen molar-refractivity contribution < 1.29 is 14.9 Å². The van der Waals surface area contributed by atoms with Crippen molar-refractivity contribution in [1.29, 1.82) is 0 Å². The van der Waals surface area contributed by atoms with Gasteiger partial charge in [-0.3, -0.25) is 4.90 Å². The molecule has 0 aromatic rings. The van der Waals surface area contributed by atoms with E-state index in [-0.39, 0.29) is 18.8 Å². The van der Waals surface area contributed by atoms with Crippen LogP contribution in [0.1, 0.15) is 26.2 Å². The number of aliphatic hydroxyl groups excluding tert-OH is 2. The van der Waals surface area contributed by atoms with Gasteiger partial charge in [0, 0.05) is 19.1 Å². The fourth-order valence-corrected chi connectivity index (χ4v) is 2.77. The zero-order valence-corrected chi connectivity index (χ0v) is 10.0. The molecule has 4 unspecified atom stereocenters. The zero-order valence-electron chi connectivity index (χ0n) is 10.0. The van der Waals surface area contributed by atoms with Gasteiger partial charge in [0.1, 0.15) is 0 Å². The highest BCUT2D eigenvalue weighted by atomic mass is 16.5. The molecule has 1 saturated heterocycles. The molecule has 16 heavy (non-hydrogen) atoms. The summed E-state index contributed by atoms with van der Waals surface area (Å²) < 4.78 is 5.51. The van der Waals surface area contributed by atoms with Crippen molar-refractivity contribution in [2.75, 3.05) is 26.3 Å². The van der Waals surface area contributed by atoms with Crippen molar-refractivity contribution in [2.45, 2.75) is 44.4 Å². The highest BCUT2D eigenvalue weighted by molar-refractivity contribution is 4.84. The van der Waals surface area contributed by atoms with E-state index in [2.05, 4.69) is 11.8 Å². The van der Waals surface area contributed by atoms with Crippen LogP contribution in [0.25, 0.3) is 0 Å². The van der Waals surface area contributed by atoms with Gasteiger partial charge in [-0.25, -0.2) is 0 Å². The van der Waals surface area contributed by atoms with Gasteiger partial charge in [-0.05, 0) is 25.7 Å². The number of hydrogen-bond acceptors (Lipinski definition) is 4. The number of rotatable bonds is 3. The summed E-state index contributed by atoms with van der Waals surface area (Å²) in [5, 5.41) is 18.9. The minimum absolute atomic E-state index is 0.0465. The number of nitrogens with zero attached hydrogens (tertiary/aromatic N) is 1. The normalized spacial score (nSPS) is 41.4. The minimum atomic E-state index is -0.123. The van der Waals surface area contributed by atoms with Gasteiger partial charge < -0.3 is 14.9 Å². The summed E-state index contributed by atoms with van der Waals surface area (Å²) in [6.07, 6.45) is 3.06. The molecule has 2 aliphatic rings. The quantitative estimate of drug-likeness (QED) is 0.727. The standard InChI is InChI=1S/C12H23NO3/c1-9-8-16-11(7-14)6-13(9)5-10-3-2-4-12(10)15/h9-12,14-15H,2-8H2,1H3. The van der Waals surface area contributed by atoms with Crippen LogP contribution in [0.4, 0.5) is 0 Å². The molecular formula is C12H23NO3. The fourth-order valence-electron chi connectivity index (χ4n) is 2.77. The number of aliphatic hydroxyl groups is 2. The van der Waals surface area contributed by atoms with Crippen LogP contribution in [0, 0.1) is 5.92 Å². The van der Waals surface area contributed by atoms with E-state index in [4.69, 9.17) is 9.84 Å². The Hall–Kier alpha value is -0.160. The third-order valence-corrected chi connectivity index (χ3v) is 3.93. The van der Waals surface area contributed by atoms with E-state index in [9.17, 15) is 5.11 Å². The molecule has 0 amide bonds. The molecule has 1 saturated carbocycles. The first-order valence-electron chi connectivity index (χ1n) is 6.35. The van der Waals surface area contributed by atoms with Gasteiger partial charge in [0.2, 0.25) is 0 Å². The molecule has 4 atom stereocenters. The fraction of sp³-hybridized carbons (Fsp3) is 1.00. The molecule has 0 spiro atoms. The van der Waals surface area contributed by atoms with E-state index in [1.54, 1.807) is 0 Å². The molecule has 2 fully saturated rings. The maximum Gasteiger partial charge on any atom is 0.0933 e. The highest BCUT2D eigenvalue weighted by Crippen LogP contribution is 2.27. The Morgan fingerprint density at radius 1 is 1.38 bits per heavy atom. The molecule has 0 bridgehead atoms. The van der Waals surface area contributed by atoms with Crippen molar-refractivity contribution in [3.8, 4) is 0 Å². The van der Waals surface area contributed by atoms with Crippen LogP contribution in [0.2, 0.25) is 0 Å². The molecule has 4 heteroatoms. The molecule has 2 N–H and O–H groups in total. The Labute approximate surface area is 97.2 Å². The van der Waals surface area contributed by atoms with Crippen molar-refractivity contribution in [3.05, 3.63) is 0 Å². The molecule has 2 rings (SSSR count). The average molecular weight is 229 g/mol. The van der Waals surface area contributed by atoms with Crippen molar-refractivity contribution >= 4 is 0 Å². The first-order valence-corrected chi connectivity index (χ1v) is 6.35. The molecular weight excluding hydrogens is 206 g/mol. The van der Waals surface area contributed by atoms with Gasteiger partial charge in [-0.2, -0.15) is 0 Å². The maximum absolute atomic E-state index is 9.82. The van der Waals surface area contributed by atoms with Gasteiger partial charge in [-0.1, -0.05) is 6.42 Å². The van der Waals surface area contributed by atoms with Crippen LogP contribution in [-0.2, 0) is 4.74 Å². The average Bonchev–Trinajstić information content (AvgIpc) is 2.68. The van der Waals surface area contributed by atoms with Gasteiger partial charge in [0.15, 0.2) is 0 Å². The molecule has 1 heterocycles. The predicted molar refractivity (Wildman–Crippen MR) is 61.2 cm³/mol. The highest BCUT2D eigenvalue weighted by Gasteiger charge is 2.32. The summed E-state index contributed by atoms with van der Waals surface area (Å²) in [6.45, 7) is 4.67. The lowest BCUT2D eigenvalue weighted by molar-refractivity contribution is -0.0847. The lowest BCUT2D eigenvalue weighted by Crippen LogP contribution is -2.51. The summed E-state index contributed by atoms with van der Waals surface area (Å²) in [4.78, 5) is 2.35. The Balaban J connectivity index is 1.86. The van der Waals surface area contributed by atoms with Crippen LogP contribution in [-0.4, -0.2) is 59.7 Å². The van der Waals surface area contributed by atoms with Gasteiger partial charge >= 0.3 is 0 Å². The van der Waals surface area contributed by atoms with E-state index in [1.165, 1.54) is 0 Å². The predicted octanol–water partition coefficient (Wildman–Crippen LogP) is 0.229. The number of hydrogen-bond donors (Lipinski definition) is 2. The monoisotopic (exact) mass is 229 g/mol. The van der Waals surface area contributed by atoms with E-state index < -0.39 is 0 Å². The first-order chi connectivity index (χ1) is 7.70. The first kappa shape index (κ1) is 12.3. The number of morpholine rings is 1. The van der Waals surface area contributed by atoms with Crippen molar-refractivity contribution in [2.24, 2.45) is 5.92 Å². The maximum atomic E-state index is 9.82. The lowest BCUT2D eigenvalue weighted by Gasteiger charge is -2.39. The van der Waals surface area contributed by atoms with Crippen molar-refractivity contribution in [1.82, 2.24) is 4.90 Å². The minimum Gasteiger partial charge on any atom is -0.394 e. The van der Waals surface area contributed by atoms with Gasteiger partial charge in [0.05, 0.1) is 25.4 Å². The van der Waals surface area contributed by atoms with Crippen LogP contribution < -0.4 is 0 Å². The summed E-state index contributed by atoms with van der Waals surface area (Å²) in [5.41, 5.74) is 0. The second-order valence-electron chi connectivity index (χ2n) is 5.20. The summed E-state index contributed by atoms with van der Waals surface area (Å²) >= 11 is 0. The summed E-state index contributed by atoms with van der Waals surface area (Å²) in [6, 6.07) is 0.399. The second-order valence-corrected chi connectivity index (χ2v) is 5.20. The van der Waals surface area contributed by atoms with E-state index in [0.717, 1.165) is 32.4 Å².